The van der Waals surface area contributed by atoms with Crippen molar-refractivity contribution in [2.45, 2.75) is 45.4 Å². The van der Waals surface area contributed by atoms with Crippen LogP contribution in [0.4, 0.5) is 4.79 Å². The Hall–Kier alpha value is -4.54. The van der Waals surface area contributed by atoms with Crippen LogP contribution in [0, 0.1) is 0 Å². The van der Waals surface area contributed by atoms with Gasteiger partial charge in [0.1, 0.15) is 18.9 Å². The number of piperazine rings is 1. The van der Waals surface area contributed by atoms with Crippen LogP contribution in [0.2, 0.25) is 0 Å². The van der Waals surface area contributed by atoms with Gasteiger partial charge in [-0.25, -0.2) is 4.79 Å². The van der Waals surface area contributed by atoms with Crippen LogP contribution in [-0.4, -0.2) is 70.8 Å². The highest BCUT2D eigenvalue weighted by atomic mass is 16.6. The lowest BCUT2D eigenvalue weighted by Crippen LogP contribution is -2.50. The number of ether oxygens (including phenoxy) is 3. The third kappa shape index (κ3) is 7.02. The van der Waals surface area contributed by atoms with E-state index in [0.29, 0.717) is 55.9 Å². The van der Waals surface area contributed by atoms with Crippen molar-refractivity contribution >= 4 is 17.9 Å². The minimum Gasteiger partial charge on any atom is -0.493 e. The van der Waals surface area contributed by atoms with Gasteiger partial charge in [0.15, 0.2) is 11.5 Å². The number of carbonyl (C=O) groups is 3. The number of methoxy groups -OCH3 is 1. The molecule has 0 unspecified atom stereocenters. The molecule has 2 fully saturated rings. The Kier molecular flexibility index (Phi) is 8.94. The summed E-state index contributed by atoms with van der Waals surface area (Å²) in [5.74, 6) is 1.45. The predicted octanol–water partition coefficient (Wildman–Crippen LogP) is 3.62. The molecule has 42 heavy (non-hydrogen) atoms. The number of hydrogen-bond acceptors (Lipinski definition) is 7. The summed E-state index contributed by atoms with van der Waals surface area (Å²) >= 11 is 0. The fourth-order valence-corrected chi connectivity index (χ4v) is 4.93. The average Bonchev–Trinajstić information content (AvgIpc) is 3.79. The minimum atomic E-state index is -0.378. The van der Waals surface area contributed by atoms with Crippen molar-refractivity contribution in [3.63, 3.8) is 0 Å². The first-order valence-electron chi connectivity index (χ1n) is 14.2. The zero-order valence-corrected chi connectivity index (χ0v) is 24.3. The van der Waals surface area contributed by atoms with Gasteiger partial charge in [0.05, 0.1) is 12.8 Å². The molecule has 1 saturated heterocycles. The van der Waals surface area contributed by atoms with Crippen molar-refractivity contribution in [2.24, 2.45) is 7.05 Å². The zero-order valence-electron chi connectivity index (χ0n) is 24.3. The van der Waals surface area contributed by atoms with Gasteiger partial charge in [-0.1, -0.05) is 36.4 Å². The molecular weight excluding hydrogens is 538 g/mol. The summed E-state index contributed by atoms with van der Waals surface area (Å²) in [6.07, 6.45) is 1.88. The van der Waals surface area contributed by atoms with Crippen molar-refractivity contribution in [2.75, 3.05) is 33.3 Å². The van der Waals surface area contributed by atoms with E-state index in [-0.39, 0.29) is 31.1 Å². The summed E-state index contributed by atoms with van der Waals surface area (Å²) in [6, 6.07) is 15.1. The molecule has 222 valence electrons. The summed E-state index contributed by atoms with van der Waals surface area (Å²) in [5, 5.41) is 7.44. The molecule has 1 aromatic heterocycles. The fourth-order valence-electron chi connectivity index (χ4n) is 4.93. The number of rotatable bonds is 10. The lowest BCUT2D eigenvalue weighted by molar-refractivity contribution is -0.130. The second-order valence-corrected chi connectivity index (χ2v) is 10.6. The molecule has 0 radical (unpaired) electrons. The fraction of sp³-hybridized carbons (Fsp3) is 0.419. The van der Waals surface area contributed by atoms with Crippen LogP contribution >= 0.6 is 0 Å². The molecule has 11 nitrogen and oxygen atoms in total. The minimum absolute atomic E-state index is 0.0188. The SMILES string of the molecule is COc1c(CNC(=O)c2cc(C3CC3)nn2C)cccc1OCc1ccc(COC(=O)N2CCN(C(C)=O)CC2)cc1. The third-order valence-electron chi connectivity index (χ3n) is 7.59. The number of para-hydroxylation sites is 1. The third-order valence-corrected chi connectivity index (χ3v) is 7.59. The lowest BCUT2D eigenvalue weighted by Gasteiger charge is -2.33. The number of benzene rings is 2. The Morgan fingerprint density at radius 3 is 2.26 bits per heavy atom. The first-order valence-corrected chi connectivity index (χ1v) is 14.2. The molecule has 3 aromatic rings. The average molecular weight is 576 g/mol. The molecule has 5 rings (SSSR count). The van der Waals surface area contributed by atoms with Crippen molar-refractivity contribution in [1.29, 1.82) is 0 Å². The number of aryl methyl sites for hydroxylation is 1. The zero-order chi connectivity index (χ0) is 29.6. The highest BCUT2D eigenvalue weighted by Gasteiger charge is 2.28. The van der Waals surface area contributed by atoms with Gasteiger partial charge in [0, 0.05) is 58.2 Å². The normalized spacial score (nSPS) is 14.8. The van der Waals surface area contributed by atoms with Gasteiger partial charge in [-0.2, -0.15) is 5.10 Å². The molecule has 1 N–H and O–H groups in total. The Labute approximate surface area is 245 Å². The van der Waals surface area contributed by atoms with E-state index >= 15 is 0 Å². The van der Waals surface area contributed by atoms with Crippen LogP contribution in [0.5, 0.6) is 11.5 Å². The Morgan fingerprint density at radius 1 is 0.952 bits per heavy atom. The van der Waals surface area contributed by atoms with Crippen LogP contribution in [0.3, 0.4) is 0 Å². The summed E-state index contributed by atoms with van der Waals surface area (Å²) in [5.41, 5.74) is 4.11. The van der Waals surface area contributed by atoms with Crippen LogP contribution < -0.4 is 14.8 Å². The number of amides is 3. The van der Waals surface area contributed by atoms with E-state index in [1.54, 1.807) is 28.6 Å². The molecule has 1 aliphatic carbocycles. The van der Waals surface area contributed by atoms with Gasteiger partial charge in [-0.05, 0) is 36.1 Å². The van der Waals surface area contributed by atoms with E-state index < -0.39 is 0 Å². The molecule has 3 amide bonds. The monoisotopic (exact) mass is 575 g/mol. The van der Waals surface area contributed by atoms with E-state index in [1.165, 1.54) is 6.92 Å². The van der Waals surface area contributed by atoms with E-state index in [1.807, 2.05) is 48.5 Å². The van der Waals surface area contributed by atoms with Crippen molar-refractivity contribution in [3.8, 4) is 11.5 Å². The topological polar surface area (TPSA) is 115 Å². The van der Waals surface area contributed by atoms with Crippen molar-refractivity contribution in [3.05, 3.63) is 76.6 Å². The molecule has 0 spiro atoms. The van der Waals surface area contributed by atoms with E-state index in [0.717, 1.165) is 35.2 Å². The Balaban J connectivity index is 1.11. The number of nitrogens with one attached hydrogen (secondary N) is 1. The molecule has 0 bridgehead atoms. The van der Waals surface area contributed by atoms with E-state index in [4.69, 9.17) is 14.2 Å². The van der Waals surface area contributed by atoms with Crippen LogP contribution in [0.25, 0.3) is 0 Å². The number of aromatic nitrogens is 2. The quantitative estimate of drug-likeness (QED) is 0.393. The highest BCUT2D eigenvalue weighted by molar-refractivity contribution is 5.92. The first kappa shape index (κ1) is 29.0. The molecule has 0 atom stereocenters. The molecule has 11 heteroatoms. The van der Waals surface area contributed by atoms with Gasteiger partial charge in [0.2, 0.25) is 5.91 Å². The largest absolute Gasteiger partial charge is 0.493 e. The number of hydrogen-bond donors (Lipinski definition) is 1. The van der Waals surface area contributed by atoms with Crippen molar-refractivity contribution < 1.29 is 28.6 Å². The smallest absolute Gasteiger partial charge is 0.410 e. The molecule has 1 aliphatic heterocycles. The van der Waals surface area contributed by atoms with Crippen LogP contribution in [0.15, 0.2) is 48.5 Å². The second kappa shape index (κ2) is 13.0. The van der Waals surface area contributed by atoms with Gasteiger partial charge in [0.25, 0.3) is 5.91 Å². The van der Waals surface area contributed by atoms with Crippen LogP contribution in [0.1, 0.15) is 58.6 Å². The standard InChI is InChI=1S/C31H37N5O6/c1-21(37)35-13-15-36(16-14-35)31(39)42-20-23-9-7-22(8-10-23)19-41-28-6-4-5-25(29(28)40-3)18-32-30(38)27-17-26(24-11-12-24)33-34(27)2/h4-10,17,24H,11-16,18-20H2,1-3H3,(H,32,38). The summed E-state index contributed by atoms with van der Waals surface area (Å²) < 4.78 is 18.8. The number of carbonyl (C=O) groups excluding carboxylic acids is 3. The maximum atomic E-state index is 12.8. The highest BCUT2D eigenvalue weighted by Crippen LogP contribution is 2.39. The maximum absolute atomic E-state index is 12.8. The predicted molar refractivity (Wildman–Crippen MR) is 154 cm³/mol. The second-order valence-electron chi connectivity index (χ2n) is 10.6. The molecule has 2 heterocycles. The van der Waals surface area contributed by atoms with Gasteiger partial charge < -0.3 is 29.3 Å². The maximum Gasteiger partial charge on any atom is 0.410 e. The van der Waals surface area contributed by atoms with Gasteiger partial charge >= 0.3 is 6.09 Å². The van der Waals surface area contributed by atoms with Gasteiger partial charge in [-0.15, -0.1) is 0 Å². The summed E-state index contributed by atoms with van der Waals surface area (Å²) in [6.45, 7) is 4.27. The number of nitrogens with zero attached hydrogens (tertiary/aromatic N) is 4. The molecular formula is C31H37N5O6. The summed E-state index contributed by atoms with van der Waals surface area (Å²) in [4.78, 5) is 40.0. The van der Waals surface area contributed by atoms with Crippen molar-refractivity contribution in [1.82, 2.24) is 24.9 Å². The summed E-state index contributed by atoms with van der Waals surface area (Å²) in [7, 11) is 3.37. The Bertz CT molecular complexity index is 1420. The van der Waals surface area contributed by atoms with E-state index in [2.05, 4.69) is 10.4 Å². The lowest BCUT2D eigenvalue weighted by atomic mass is 10.1. The molecule has 2 aliphatic rings. The molecule has 2 aromatic carbocycles. The van der Waals surface area contributed by atoms with Gasteiger partial charge in [-0.3, -0.25) is 14.3 Å². The van der Waals surface area contributed by atoms with Crippen LogP contribution in [-0.2, 0) is 36.3 Å². The first-order chi connectivity index (χ1) is 20.3. The Morgan fingerprint density at radius 2 is 1.62 bits per heavy atom. The van der Waals surface area contributed by atoms with E-state index in [9.17, 15) is 14.4 Å². The molecule has 1 saturated carbocycles.